The molecule has 0 bridgehead atoms. The maximum Gasteiger partial charge on any atom is 0.0827 e. The second-order valence-corrected chi connectivity index (χ2v) is 5.45. The van der Waals surface area contributed by atoms with E-state index in [9.17, 15) is 0 Å². The van der Waals surface area contributed by atoms with Crippen molar-refractivity contribution >= 4 is 27.3 Å². The Kier molecular flexibility index (Phi) is 3.32. The van der Waals surface area contributed by atoms with Crippen LogP contribution in [0.1, 0.15) is 25.6 Å². The van der Waals surface area contributed by atoms with Gasteiger partial charge < -0.3 is 4.74 Å². The largest absolute Gasteiger partial charge is 0.370 e. The molecule has 0 fully saturated rings. The van der Waals surface area contributed by atoms with Crippen molar-refractivity contribution in [3.8, 4) is 0 Å². The van der Waals surface area contributed by atoms with Crippen molar-refractivity contribution < 1.29 is 4.74 Å². The van der Waals surface area contributed by atoms with Gasteiger partial charge >= 0.3 is 0 Å². The Morgan fingerprint density at radius 1 is 1.50 bits per heavy atom. The molecular weight excluding hydrogens is 236 g/mol. The van der Waals surface area contributed by atoms with Crippen LogP contribution in [-0.4, -0.2) is 5.60 Å². The van der Waals surface area contributed by atoms with Gasteiger partial charge in [0.25, 0.3) is 0 Å². The summed E-state index contributed by atoms with van der Waals surface area (Å²) in [6.45, 7) is 6.89. The summed E-state index contributed by atoms with van der Waals surface area (Å²) in [5.74, 6) is 0. The number of thiophene rings is 1. The van der Waals surface area contributed by atoms with Crippen molar-refractivity contribution in [2.75, 3.05) is 0 Å². The van der Waals surface area contributed by atoms with Gasteiger partial charge in [-0.2, -0.15) is 0 Å². The van der Waals surface area contributed by atoms with Crippen LogP contribution in [0.3, 0.4) is 0 Å². The van der Waals surface area contributed by atoms with Crippen LogP contribution in [0.2, 0.25) is 0 Å². The molecule has 0 N–H and O–H groups in total. The van der Waals surface area contributed by atoms with Crippen LogP contribution < -0.4 is 0 Å². The standard InChI is InChI=1S/C9H13BrOS/c1-9(2,3)11-6-8-7(10)4-5-12-8/h4-5H,6H2,1-3H3. The lowest BCUT2D eigenvalue weighted by Gasteiger charge is -2.18. The minimum atomic E-state index is -0.0522. The van der Waals surface area contributed by atoms with E-state index >= 15 is 0 Å². The Hall–Kier alpha value is 0.140. The first kappa shape index (κ1) is 10.2. The van der Waals surface area contributed by atoms with Crippen LogP contribution >= 0.6 is 27.3 Å². The van der Waals surface area contributed by atoms with Gasteiger partial charge in [-0.25, -0.2) is 0 Å². The fourth-order valence-electron chi connectivity index (χ4n) is 0.710. The second-order valence-electron chi connectivity index (χ2n) is 3.59. The van der Waals surface area contributed by atoms with Crippen LogP contribution in [-0.2, 0) is 11.3 Å². The lowest BCUT2D eigenvalue weighted by atomic mass is 10.2. The average molecular weight is 249 g/mol. The monoisotopic (exact) mass is 248 g/mol. The Morgan fingerprint density at radius 3 is 2.58 bits per heavy atom. The quantitative estimate of drug-likeness (QED) is 0.774. The predicted molar refractivity (Wildman–Crippen MR) is 56.6 cm³/mol. The molecule has 1 aromatic rings. The van der Waals surface area contributed by atoms with E-state index in [4.69, 9.17) is 4.74 Å². The Bertz CT molecular complexity index is 249. The van der Waals surface area contributed by atoms with Crippen LogP contribution in [0.15, 0.2) is 15.9 Å². The van der Waals surface area contributed by atoms with E-state index in [2.05, 4.69) is 42.1 Å². The first-order chi connectivity index (χ1) is 5.49. The van der Waals surface area contributed by atoms with Gasteiger partial charge in [-0.15, -0.1) is 11.3 Å². The Morgan fingerprint density at radius 2 is 2.17 bits per heavy atom. The molecule has 12 heavy (non-hydrogen) atoms. The van der Waals surface area contributed by atoms with Gasteiger partial charge in [0.2, 0.25) is 0 Å². The molecule has 1 rings (SSSR count). The molecular formula is C9H13BrOS. The molecule has 0 saturated heterocycles. The van der Waals surface area contributed by atoms with Crippen LogP contribution in [0.5, 0.6) is 0 Å². The molecule has 1 aromatic heterocycles. The van der Waals surface area contributed by atoms with Gasteiger partial charge in [0.15, 0.2) is 0 Å². The molecule has 0 spiro atoms. The van der Waals surface area contributed by atoms with E-state index in [0.717, 1.165) is 4.47 Å². The lowest BCUT2D eigenvalue weighted by Crippen LogP contribution is -2.18. The smallest absolute Gasteiger partial charge is 0.0827 e. The molecule has 3 heteroatoms. The molecule has 0 amide bonds. The van der Waals surface area contributed by atoms with Crippen molar-refractivity contribution in [2.24, 2.45) is 0 Å². The summed E-state index contributed by atoms with van der Waals surface area (Å²) in [6.07, 6.45) is 0. The SMILES string of the molecule is CC(C)(C)OCc1sccc1Br. The molecule has 0 saturated carbocycles. The van der Waals surface area contributed by atoms with Gasteiger partial charge in [-0.1, -0.05) is 0 Å². The summed E-state index contributed by atoms with van der Waals surface area (Å²) in [6, 6.07) is 2.05. The fraction of sp³-hybridized carbons (Fsp3) is 0.556. The highest BCUT2D eigenvalue weighted by Crippen LogP contribution is 2.24. The number of hydrogen-bond acceptors (Lipinski definition) is 2. The summed E-state index contributed by atoms with van der Waals surface area (Å²) < 4.78 is 6.78. The normalized spacial score (nSPS) is 12.0. The minimum absolute atomic E-state index is 0.0522. The molecule has 1 nitrogen and oxygen atoms in total. The first-order valence-electron chi connectivity index (χ1n) is 3.85. The van der Waals surface area contributed by atoms with Gasteiger partial charge in [-0.3, -0.25) is 0 Å². The zero-order valence-corrected chi connectivity index (χ0v) is 9.96. The van der Waals surface area contributed by atoms with Gasteiger partial charge in [0, 0.05) is 9.35 Å². The van der Waals surface area contributed by atoms with Gasteiger partial charge in [0.05, 0.1) is 12.2 Å². The number of halogens is 1. The molecule has 0 aliphatic rings. The van der Waals surface area contributed by atoms with Crippen molar-refractivity contribution in [2.45, 2.75) is 33.0 Å². The highest BCUT2D eigenvalue weighted by molar-refractivity contribution is 9.10. The van der Waals surface area contributed by atoms with Gasteiger partial charge in [-0.05, 0) is 48.1 Å². The predicted octanol–water partition coefficient (Wildman–Crippen LogP) is 3.83. The van der Waals surface area contributed by atoms with Crippen molar-refractivity contribution in [1.82, 2.24) is 0 Å². The Balaban J connectivity index is 2.49. The molecule has 0 aliphatic carbocycles. The summed E-state index contributed by atoms with van der Waals surface area (Å²) in [5, 5.41) is 2.06. The van der Waals surface area contributed by atoms with E-state index in [-0.39, 0.29) is 5.60 Å². The van der Waals surface area contributed by atoms with E-state index in [0.29, 0.717) is 6.61 Å². The topological polar surface area (TPSA) is 9.23 Å². The third-order valence-corrected chi connectivity index (χ3v) is 3.23. The average Bonchev–Trinajstić information content (AvgIpc) is 2.29. The van der Waals surface area contributed by atoms with E-state index in [1.807, 2.05) is 6.07 Å². The van der Waals surface area contributed by atoms with Crippen LogP contribution in [0.4, 0.5) is 0 Å². The molecule has 0 aliphatic heterocycles. The summed E-state index contributed by atoms with van der Waals surface area (Å²) in [5.41, 5.74) is -0.0522. The zero-order valence-electron chi connectivity index (χ0n) is 7.56. The molecule has 0 aromatic carbocycles. The van der Waals surface area contributed by atoms with Crippen LogP contribution in [0, 0.1) is 0 Å². The maximum absolute atomic E-state index is 5.63. The number of hydrogen-bond donors (Lipinski definition) is 0. The van der Waals surface area contributed by atoms with Gasteiger partial charge in [0.1, 0.15) is 0 Å². The Labute approximate surface area is 85.9 Å². The highest BCUT2D eigenvalue weighted by atomic mass is 79.9. The van der Waals surface area contributed by atoms with E-state index in [1.165, 1.54) is 4.88 Å². The minimum Gasteiger partial charge on any atom is -0.370 e. The fourth-order valence-corrected chi connectivity index (χ4v) is 2.09. The van der Waals surface area contributed by atoms with Crippen molar-refractivity contribution in [1.29, 1.82) is 0 Å². The molecule has 0 atom stereocenters. The summed E-state index contributed by atoms with van der Waals surface area (Å²) >= 11 is 5.18. The second kappa shape index (κ2) is 3.90. The number of rotatable bonds is 2. The molecule has 0 radical (unpaired) electrons. The third kappa shape index (κ3) is 3.25. The summed E-state index contributed by atoms with van der Waals surface area (Å²) in [7, 11) is 0. The van der Waals surface area contributed by atoms with Crippen molar-refractivity contribution in [3.05, 3.63) is 20.8 Å². The molecule has 1 heterocycles. The molecule has 68 valence electrons. The zero-order chi connectivity index (χ0) is 9.19. The molecule has 0 unspecified atom stereocenters. The highest BCUT2D eigenvalue weighted by Gasteiger charge is 2.11. The maximum atomic E-state index is 5.63. The van der Waals surface area contributed by atoms with Crippen LogP contribution in [0.25, 0.3) is 0 Å². The van der Waals surface area contributed by atoms with E-state index < -0.39 is 0 Å². The third-order valence-electron chi connectivity index (χ3n) is 1.33. The van der Waals surface area contributed by atoms with Crippen molar-refractivity contribution in [3.63, 3.8) is 0 Å². The number of ether oxygens (including phenoxy) is 1. The van der Waals surface area contributed by atoms with E-state index in [1.54, 1.807) is 11.3 Å². The lowest BCUT2D eigenvalue weighted by molar-refractivity contribution is -0.0138. The first-order valence-corrected chi connectivity index (χ1v) is 5.52. The summed E-state index contributed by atoms with van der Waals surface area (Å²) in [4.78, 5) is 1.25.